The number of hydrogen-bond acceptors (Lipinski definition) is 5. The Morgan fingerprint density at radius 2 is 1.40 bits per heavy atom. The lowest BCUT2D eigenvalue weighted by atomic mass is 9.95. The smallest absolute Gasteiger partial charge is 0.411 e. The Kier molecular flexibility index (Phi) is 8.80. The van der Waals surface area contributed by atoms with Gasteiger partial charge in [0.2, 0.25) is 0 Å². The van der Waals surface area contributed by atoms with Crippen molar-refractivity contribution in [3.63, 3.8) is 0 Å². The number of alkyl carbamates (subject to hydrolysis) is 1. The number of hydrogen-bond donors (Lipinski definition) is 1. The zero-order chi connectivity index (χ0) is 29.6. The number of rotatable bonds is 9. The first-order valence-electron chi connectivity index (χ1n) is 15.2. The molecule has 43 heavy (non-hydrogen) atoms. The molecule has 3 amide bonds. The van der Waals surface area contributed by atoms with E-state index in [-0.39, 0.29) is 24.0 Å². The molecule has 0 saturated carbocycles. The molecule has 2 heterocycles. The molecule has 3 aromatic carbocycles. The van der Waals surface area contributed by atoms with Crippen LogP contribution in [0, 0.1) is 0 Å². The first-order valence-corrected chi connectivity index (χ1v) is 15.2. The van der Waals surface area contributed by atoms with E-state index in [0.29, 0.717) is 24.1 Å². The van der Waals surface area contributed by atoms with Gasteiger partial charge in [0.05, 0.1) is 11.1 Å². The quantitative estimate of drug-likeness (QED) is 0.316. The summed E-state index contributed by atoms with van der Waals surface area (Å²) in [5.41, 5.74) is 6.45. The van der Waals surface area contributed by atoms with Crippen LogP contribution in [0.5, 0.6) is 0 Å². The number of benzene rings is 3. The summed E-state index contributed by atoms with van der Waals surface area (Å²) in [6, 6.07) is 25.6. The van der Waals surface area contributed by atoms with Gasteiger partial charge in [0.1, 0.15) is 6.10 Å². The fraction of sp³-hybridized carbons (Fsp3) is 0.306. The second kappa shape index (κ2) is 13.2. The molecule has 1 fully saturated rings. The molecular formula is C36H37N3O4. The van der Waals surface area contributed by atoms with Crippen LogP contribution in [0.4, 0.5) is 4.79 Å². The number of imide groups is 1. The molecule has 220 valence electrons. The summed E-state index contributed by atoms with van der Waals surface area (Å²) in [7, 11) is 0. The number of piperidine rings is 1. The van der Waals surface area contributed by atoms with Crippen LogP contribution in [-0.2, 0) is 17.6 Å². The van der Waals surface area contributed by atoms with Crippen molar-refractivity contribution >= 4 is 23.5 Å². The molecule has 7 heteroatoms. The van der Waals surface area contributed by atoms with E-state index >= 15 is 0 Å². The highest BCUT2D eigenvalue weighted by atomic mass is 16.6. The highest BCUT2D eigenvalue weighted by molar-refractivity contribution is 6.21. The molecule has 1 aliphatic carbocycles. The Balaban J connectivity index is 0.920. The van der Waals surface area contributed by atoms with Crippen molar-refractivity contribution in [2.45, 2.75) is 44.6 Å². The molecule has 1 N–H and O–H groups in total. The third-order valence-electron chi connectivity index (χ3n) is 8.58. The summed E-state index contributed by atoms with van der Waals surface area (Å²) in [5.74, 6) is -0.411. The number of allylic oxidation sites excluding steroid dienone is 3. The molecule has 6 rings (SSSR count). The van der Waals surface area contributed by atoms with E-state index in [0.717, 1.165) is 74.1 Å². The van der Waals surface area contributed by atoms with Gasteiger partial charge in [0.25, 0.3) is 11.8 Å². The highest BCUT2D eigenvalue weighted by Gasteiger charge is 2.34. The second-order valence-electron chi connectivity index (χ2n) is 11.4. The second-order valence-corrected chi connectivity index (χ2v) is 11.4. The van der Waals surface area contributed by atoms with Crippen LogP contribution in [0.25, 0.3) is 5.57 Å². The van der Waals surface area contributed by atoms with Crippen LogP contribution in [0.15, 0.2) is 96.7 Å². The number of amides is 3. The van der Waals surface area contributed by atoms with Crippen LogP contribution in [0.3, 0.4) is 0 Å². The first-order chi connectivity index (χ1) is 21.0. The maximum atomic E-state index is 12.7. The SMILES string of the molecule is O=C(NC1=C(c2ccccc2)CCC=C1)OC1CCN(CCc2ccc(CCN3C(=O)c4ccccc4C3=O)cc2)CC1. The number of carbonyl (C=O) groups excluding carboxylic acids is 3. The summed E-state index contributed by atoms with van der Waals surface area (Å²) in [5, 5.41) is 2.99. The molecule has 0 unspecified atom stereocenters. The van der Waals surface area contributed by atoms with Gasteiger partial charge in [-0.15, -0.1) is 0 Å². The molecule has 1 saturated heterocycles. The summed E-state index contributed by atoms with van der Waals surface area (Å²) in [6.45, 7) is 3.12. The number of nitrogens with one attached hydrogen (secondary N) is 1. The van der Waals surface area contributed by atoms with E-state index in [1.54, 1.807) is 24.3 Å². The first kappa shape index (κ1) is 28.6. The molecule has 0 atom stereocenters. The third-order valence-corrected chi connectivity index (χ3v) is 8.58. The van der Waals surface area contributed by atoms with E-state index in [4.69, 9.17) is 4.74 Å². The van der Waals surface area contributed by atoms with Crippen molar-refractivity contribution in [3.8, 4) is 0 Å². The van der Waals surface area contributed by atoms with Gasteiger partial charge in [-0.3, -0.25) is 19.8 Å². The van der Waals surface area contributed by atoms with Gasteiger partial charge in [0.15, 0.2) is 0 Å². The van der Waals surface area contributed by atoms with Crippen molar-refractivity contribution in [2.75, 3.05) is 26.2 Å². The minimum atomic E-state index is -0.378. The molecule has 0 aromatic heterocycles. The Labute approximate surface area is 252 Å². The minimum absolute atomic E-state index is 0.0777. The van der Waals surface area contributed by atoms with E-state index < -0.39 is 0 Å². The van der Waals surface area contributed by atoms with E-state index in [9.17, 15) is 14.4 Å². The number of carbonyl (C=O) groups is 3. The van der Waals surface area contributed by atoms with E-state index in [1.165, 1.54) is 10.5 Å². The van der Waals surface area contributed by atoms with Crippen LogP contribution >= 0.6 is 0 Å². The molecule has 3 aromatic rings. The molecular weight excluding hydrogens is 538 g/mol. The van der Waals surface area contributed by atoms with Crippen molar-refractivity contribution in [3.05, 3.63) is 125 Å². The summed E-state index contributed by atoms with van der Waals surface area (Å²) < 4.78 is 5.80. The Morgan fingerprint density at radius 3 is 2.05 bits per heavy atom. The standard InChI is InChI=1S/C36H37N3O4/c40-34-31-11-4-5-12-32(31)35(41)39(34)25-19-27-16-14-26(15-17-27)18-22-38-23-20-29(21-24-38)43-36(42)37-33-13-7-6-10-30(33)28-8-2-1-3-9-28/h1-5,7-9,11-17,29H,6,10,18-25H2,(H,37,42). The summed E-state index contributed by atoms with van der Waals surface area (Å²) >= 11 is 0. The molecule has 7 nitrogen and oxygen atoms in total. The van der Waals surface area contributed by atoms with Crippen molar-refractivity contribution < 1.29 is 19.1 Å². The zero-order valence-corrected chi connectivity index (χ0v) is 24.3. The molecule has 0 radical (unpaired) electrons. The highest BCUT2D eigenvalue weighted by Crippen LogP contribution is 2.27. The lowest BCUT2D eigenvalue weighted by molar-refractivity contribution is 0.0526. The van der Waals surface area contributed by atoms with Gasteiger partial charge in [-0.05, 0) is 79.0 Å². The lowest BCUT2D eigenvalue weighted by Gasteiger charge is -2.31. The van der Waals surface area contributed by atoms with Crippen LogP contribution < -0.4 is 5.32 Å². The van der Waals surface area contributed by atoms with Gasteiger partial charge in [0, 0.05) is 31.9 Å². The normalized spacial score (nSPS) is 17.3. The molecule has 0 bridgehead atoms. The third kappa shape index (κ3) is 6.78. The number of fused-ring (bicyclic) bond motifs is 1. The number of nitrogens with zero attached hydrogens (tertiary/aromatic N) is 2. The van der Waals surface area contributed by atoms with Gasteiger partial charge in [-0.2, -0.15) is 0 Å². The fourth-order valence-corrected chi connectivity index (χ4v) is 6.10. The summed E-state index contributed by atoms with van der Waals surface area (Å²) in [4.78, 5) is 41.7. The minimum Gasteiger partial charge on any atom is -0.446 e. The van der Waals surface area contributed by atoms with Crippen molar-refractivity contribution in [1.82, 2.24) is 15.1 Å². The van der Waals surface area contributed by atoms with Gasteiger partial charge >= 0.3 is 6.09 Å². The molecule has 0 spiro atoms. The van der Waals surface area contributed by atoms with Gasteiger partial charge in [-0.1, -0.05) is 72.8 Å². The summed E-state index contributed by atoms with van der Waals surface area (Å²) in [6.07, 6.45) is 8.70. The van der Waals surface area contributed by atoms with Gasteiger partial charge in [-0.25, -0.2) is 4.79 Å². The average molecular weight is 576 g/mol. The van der Waals surface area contributed by atoms with E-state index in [1.807, 2.05) is 24.3 Å². The zero-order valence-electron chi connectivity index (χ0n) is 24.3. The Hall–Kier alpha value is -4.49. The molecule has 2 aliphatic heterocycles. The van der Waals surface area contributed by atoms with Crippen LogP contribution in [-0.4, -0.2) is 60.0 Å². The van der Waals surface area contributed by atoms with Crippen LogP contribution in [0.2, 0.25) is 0 Å². The van der Waals surface area contributed by atoms with Gasteiger partial charge < -0.3 is 9.64 Å². The predicted octanol–water partition coefficient (Wildman–Crippen LogP) is 6.02. The fourth-order valence-electron chi connectivity index (χ4n) is 6.10. The van der Waals surface area contributed by atoms with Crippen molar-refractivity contribution in [1.29, 1.82) is 0 Å². The lowest BCUT2D eigenvalue weighted by Crippen LogP contribution is -2.40. The topological polar surface area (TPSA) is 79.0 Å². The molecule has 3 aliphatic rings. The predicted molar refractivity (Wildman–Crippen MR) is 166 cm³/mol. The number of likely N-dealkylation sites (tertiary alicyclic amines) is 1. The maximum absolute atomic E-state index is 12.7. The Morgan fingerprint density at radius 1 is 0.791 bits per heavy atom. The monoisotopic (exact) mass is 575 g/mol. The average Bonchev–Trinajstić information content (AvgIpc) is 3.29. The largest absolute Gasteiger partial charge is 0.446 e. The number of ether oxygens (including phenoxy) is 1. The van der Waals surface area contributed by atoms with Crippen molar-refractivity contribution in [2.24, 2.45) is 0 Å². The maximum Gasteiger partial charge on any atom is 0.411 e. The van der Waals surface area contributed by atoms with Crippen LogP contribution in [0.1, 0.15) is 63.1 Å². The Bertz CT molecular complexity index is 1500. The van der Waals surface area contributed by atoms with E-state index in [2.05, 4.69) is 52.7 Å².